The van der Waals surface area contributed by atoms with Crippen LogP contribution in [0, 0.1) is 13.8 Å². The smallest absolute Gasteiger partial charge is 0.264 e. The number of hydrogen-bond donors (Lipinski definition) is 1. The molecule has 0 unspecified atom stereocenters. The van der Waals surface area contributed by atoms with Gasteiger partial charge >= 0.3 is 0 Å². The first-order valence-corrected chi connectivity index (χ1v) is 8.22. The standard InChI is InChI=1S/C14H12Cl2N4O2S/c1-7-8(2)23-14-18-13(19-20(7)14)17-12(21)6-22-11-4-3-9(15)5-10(11)16/h3-5H,6H2,1-2H3,(H,17,19,21). The summed E-state index contributed by atoms with van der Waals surface area (Å²) in [5.74, 6) is 0.260. The molecule has 3 aromatic rings. The van der Waals surface area contributed by atoms with Gasteiger partial charge in [-0.15, -0.1) is 5.10 Å². The van der Waals surface area contributed by atoms with Gasteiger partial charge in [0.15, 0.2) is 6.61 Å². The molecule has 1 aromatic carbocycles. The molecule has 0 aliphatic carbocycles. The highest BCUT2D eigenvalue weighted by Gasteiger charge is 2.13. The summed E-state index contributed by atoms with van der Waals surface area (Å²) in [5.41, 5.74) is 1.00. The normalized spacial score (nSPS) is 11.0. The van der Waals surface area contributed by atoms with Crippen molar-refractivity contribution >= 4 is 51.4 Å². The average molecular weight is 371 g/mol. The molecule has 3 rings (SSSR count). The second kappa shape index (κ2) is 6.35. The lowest BCUT2D eigenvalue weighted by molar-refractivity contribution is -0.118. The molecule has 120 valence electrons. The minimum Gasteiger partial charge on any atom is -0.482 e. The van der Waals surface area contributed by atoms with E-state index in [-0.39, 0.29) is 18.5 Å². The van der Waals surface area contributed by atoms with E-state index in [1.807, 2.05) is 13.8 Å². The van der Waals surface area contributed by atoms with Crippen molar-refractivity contribution in [3.05, 3.63) is 38.8 Å². The molecule has 1 amide bonds. The van der Waals surface area contributed by atoms with Crippen molar-refractivity contribution in [1.82, 2.24) is 14.6 Å². The number of nitrogens with one attached hydrogen (secondary N) is 1. The van der Waals surface area contributed by atoms with Crippen LogP contribution < -0.4 is 10.1 Å². The summed E-state index contributed by atoms with van der Waals surface area (Å²) in [7, 11) is 0. The highest BCUT2D eigenvalue weighted by atomic mass is 35.5. The van der Waals surface area contributed by atoms with Crippen molar-refractivity contribution in [3.8, 4) is 5.75 Å². The van der Waals surface area contributed by atoms with Gasteiger partial charge < -0.3 is 4.74 Å². The molecule has 23 heavy (non-hydrogen) atoms. The number of ether oxygens (including phenoxy) is 1. The topological polar surface area (TPSA) is 68.5 Å². The summed E-state index contributed by atoms with van der Waals surface area (Å²) < 4.78 is 7.06. The van der Waals surface area contributed by atoms with Gasteiger partial charge in [-0.3, -0.25) is 10.1 Å². The number of amides is 1. The number of fused-ring (bicyclic) bond motifs is 1. The summed E-state index contributed by atoms with van der Waals surface area (Å²) in [6, 6.07) is 4.79. The number of benzene rings is 1. The lowest BCUT2D eigenvalue weighted by Crippen LogP contribution is -2.21. The molecule has 0 bridgehead atoms. The molecule has 0 radical (unpaired) electrons. The van der Waals surface area contributed by atoms with Gasteiger partial charge in [-0.05, 0) is 32.0 Å². The zero-order valence-corrected chi connectivity index (χ0v) is 14.6. The summed E-state index contributed by atoms with van der Waals surface area (Å²) in [6.07, 6.45) is 0. The Bertz CT molecular complexity index is 890. The van der Waals surface area contributed by atoms with Gasteiger partial charge in [-0.25, -0.2) is 4.52 Å². The van der Waals surface area contributed by atoms with Gasteiger partial charge in [0.25, 0.3) is 11.9 Å². The van der Waals surface area contributed by atoms with Crippen LogP contribution in [-0.4, -0.2) is 27.1 Å². The number of carbonyl (C=O) groups excluding carboxylic acids is 1. The minimum atomic E-state index is -0.372. The van der Waals surface area contributed by atoms with E-state index >= 15 is 0 Å². The van der Waals surface area contributed by atoms with Crippen LogP contribution in [0.15, 0.2) is 18.2 Å². The Labute approximate surface area is 146 Å². The summed E-state index contributed by atoms with van der Waals surface area (Å²) in [5, 5.41) is 7.68. The molecule has 6 nitrogen and oxygen atoms in total. The molecule has 0 saturated heterocycles. The van der Waals surface area contributed by atoms with Gasteiger partial charge in [0.2, 0.25) is 4.96 Å². The molecule has 0 aliphatic rings. The highest BCUT2D eigenvalue weighted by Crippen LogP contribution is 2.27. The maximum Gasteiger partial charge on any atom is 0.264 e. The van der Waals surface area contributed by atoms with Crippen molar-refractivity contribution in [3.63, 3.8) is 0 Å². The highest BCUT2D eigenvalue weighted by molar-refractivity contribution is 7.17. The number of anilines is 1. The number of carbonyl (C=O) groups is 1. The minimum absolute atomic E-state index is 0.202. The van der Waals surface area contributed by atoms with Gasteiger partial charge in [0.05, 0.1) is 10.7 Å². The molecule has 9 heteroatoms. The molecular weight excluding hydrogens is 359 g/mol. The van der Waals surface area contributed by atoms with E-state index in [2.05, 4.69) is 15.4 Å². The Morgan fingerprint density at radius 3 is 2.87 bits per heavy atom. The SMILES string of the molecule is Cc1sc2nc(NC(=O)COc3ccc(Cl)cc3Cl)nn2c1C. The number of nitrogens with zero attached hydrogens (tertiary/aromatic N) is 3. The molecule has 2 heterocycles. The van der Waals surface area contributed by atoms with Gasteiger partial charge in [-0.2, -0.15) is 4.98 Å². The quantitative estimate of drug-likeness (QED) is 0.759. The van der Waals surface area contributed by atoms with Crippen LogP contribution in [0.5, 0.6) is 5.75 Å². The number of hydrogen-bond acceptors (Lipinski definition) is 5. The zero-order chi connectivity index (χ0) is 16.6. The van der Waals surface area contributed by atoms with E-state index in [4.69, 9.17) is 27.9 Å². The Kier molecular flexibility index (Phi) is 4.43. The maximum absolute atomic E-state index is 11.9. The van der Waals surface area contributed by atoms with Crippen molar-refractivity contribution in [1.29, 1.82) is 0 Å². The molecule has 0 spiro atoms. The third-order valence-electron chi connectivity index (χ3n) is 3.15. The number of halogens is 2. The largest absolute Gasteiger partial charge is 0.482 e. The van der Waals surface area contributed by atoms with Crippen molar-refractivity contribution in [2.45, 2.75) is 13.8 Å². The van der Waals surface area contributed by atoms with Crippen LogP contribution >= 0.6 is 34.5 Å². The molecule has 1 N–H and O–H groups in total. The van der Waals surface area contributed by atoms with Gasteiger partial charge in [0, 0.05) is 9.90 Å². The van der Waals surface area contributed by atoms with Crippen LogP contribution in [0.25, 0.3) is 4.96 Å². The van der Waals surface area contributed by atoms with Gasteiger partial charge in [0.1, 0.15) is 5.75 Å². The first-order valence-electron chi connectivity index (χ1n) is 6.64. The van der Waals surface area contributed by atoms with Crippen LogP contribution in [0.4, 0.5) is 5.95 Å². The third-order valence-corrected chi connectivity index (χ3v) is 4.73. The fourth-order valence-electron chi connectivity index (χ4n) is 1.89. The van der Waals surface area contributed by atoms with E-state index in [1.165, 1.54) is 11.3 Å². The Morgan fingerprint density at radius 1 is 1.39 bits per heavy atom. The predicted molar refractivity (Wildman–Crippen MR) is 90.9 cm³/mol. The number of rotatable bonds is 4. The molecule has 0 saturated carbocycles. The molecule has 0 fully saturated rings. The fourth-order valence-corrected chi connectivity index (χ4v) is 3.26. The Balaban J connectivity index is 1.64. The van der Waals surface area contributed by atoms with Crippen LogP contribution in [-0.2, 0) is 4.79 Å². The number of aryl methyl sites for hydroxylation is 2. The Hall–Kier alpha value is -1.83. The summed E-state index contributed by atoms with van der Waals surface area (Å²) in [6.45, 7) is 3.75. The van der Waals surface area contributed by atoms with Crippen molar-refractivity contribution < 1.29 is 9.53 Å². The van der Waals surface area contributed by atoms with E-state index < -0.39 is 0 Å². The summed E-state index contributed by atoms with van der Waals surface area (Å²) in [4.78, 5) is 18.1. The molecule has 0 aliphatic heterocycles. The monoisotopic (exact) mass is 370 g/mol. The zero-order valence-electron chi connectivity index (χ0n) is 12.3. The fraction of sp³-hybridized carbons (Fsp3) is 0.214. The first kappa shape index (κ1) is 16.0. The van der Waals surface area contributed by atoms with Crippen molar-refractivity contribution in [2.24, 2.45) is 0 Å². The van der Waals surface area contributed by atoms with Gasteiger partial charge in [-0.1, -0.05) is 34.5 Å². The number of aromatic nitrogens is 3. The lowest BCUT2D eigenvalue weighted by atomic mass is 10.3. The first-order chi connectivity index (χ1) is 10.9. The van der Waals surface area contributed by atoms with E-state index in [1.54, 1.807) is 22.7 Å². The average Bonchev–Trinajstić information content (AvgIpc) is 2.98. The second-order valence-corrected chi connectivity index (χ2v) is 6.81. The third kappa shape index (κ3) is 3.41. The lowest BCUT2D eigenvalue weighted by Gasteiger charge is -2.07. The van der Waals surface area contributed by atoms with Crippen LogP contribution in [0.1, 0.15) is 10.6 Å². The molecule has 0 atom stereocenters. The molecule has 2 aromatic heterocycles. The maximum atomic E-state index is 11.9. The van der Waals surface area contributed by atoms with Crippen LogP contribution in [0.3, 0.4) is 0 Å². The van der Waals surface area contributed by atoms with E-state index in [0.717, 1.165) is 15.5 Å². The second-order valence-electron chi connectivity index (χ2n) is 4.79. The van der Waals surface area contributed by atoms with Crippen LogP contribution in [0.2, 0.25) is 10.0 Å². The predicted octanol–water partition coefficient (Wildman–Crippen LogP) is 3.73. The van der Waals surface area contributed by atoms with E-state index in [9.17, 15) is 4.79 Å². The molecular formula is C14H12Cl2N4O2S. The van der Waals surface area contributed by atoms with Crippen molar-refractivity contribution in [2.75, 3.05) is 11.9 Å². The van der Waals surface area contributed by atoms with E-state index in [0.29, 0.717) is 15.8 Å². The summed E-state index contributed by atoms with van der Waals surface area (Å²) >= 11 is 13.3. The Morgan fingerprint density at radius 2 is 2.17 bits per heavy atom. The number of thiazole rings is 1.